The van der Waals surface area contributed by atoms with Gasteiger partial charge in [0.05, 0.1) is 30.2 Å². The third kappa shape index (κ3) is 2.98. The van der Waals surface area contributed by atoms with Crippen molar-refractivity contribution in [2.45, 2.75) is 0 Å². The summed E-state index contributed by atoms with van der Waals surface area (Å²) in [5.74, 6) is 0. The van der Waals surface area contributed by atoms with Crippen molar-refractivity contribution in [1.82, 2.24) is 0 Å². The Morgan fingerprint density at radius 2 is 0.946 bits per heavy atom. The van der Waals surface area contributed by atoms with Crippen molar-refractivity contribution in [3.63, 3.8) is 0 Å². The lowest BCUT2D eigenvalue weighted by atomic mass is 9.86. The van der Waals surface area contributed by atoms with Gasteiger partial charge in [0.25, 0.3) is 0 Å². The Morgan fingerprint density at radius 1 is 0.405 bits per heavy atom. The zero-order valence-electron chi connectivity index (χ0n) is 40.4. The lowest BCUT2D eigenvalue weighted by Crippen LogP contribution is -1.90. The molecule has 8 rings (SSSR count). The largest absolute Gasteiger partial charge is 0.455 e. The van der Waals surface area contributed by atoms with Crippen LogP contribution in [0.15, 0.2) is 137 Å². The van der Waals surface area contributed by atoms with E-state index in [9.17, 15) is 6.85 Å². The molecule has 0 amide bonds. The average molecular weight is 493 g/mol. The predicted octanol–water partition coefficient (Wildman–Crippen LogP) is 10.4. The standard InChI is InChI=1S/C36H22O/c1-2-11-24(12-3-1)34-28-14-6-8-16-30(28)35(31-17-9-7-15-29(31)34)25-19-20-27-32-21-18-23-10-4-5-13-26(23)36(32)37-33(27)22-25/h1-22H/i1D,2D,3D,4D,5D,6D,7D,8D,9D,10D,11D,12D,13D,14D,15D,16D,17D,18D,19D,20D,21D,22D. The summed E-state index contributed by atoms with van der Waals surface area (Å²) in [5.41, 5.74) is -3.56. The van der Waals surface area contributed by atoms with E-state index in [4.69, 9.17) is 27.7 Å². The third-order valence-corrected chi connectivity index (χ3v) is 6.06. The molecule has 7 aromatic carbocycles. The van der Waals surface area contributed by atoms with E-state index in [1.165, 1.54) is 0 Å². The molecule has 0 atom stereocenters. The van der Waals surface area contributed by atoms with Gasteiger partial charge in [-0.3, -0.25) is 0 Å². The summed E-state index contributed by atoms with van der Waals surface area (Å²) in [6.07, 6.45) is 0. The zero-order valence-corrected chi connectivity index (χ0v) is 18.4. The molecule has 0 saturated heterocycles. The van der Waals surface area contributed by atoms with Crippen molar-refractivity contribution in [2.75, 3.05) is 0 Å². The first-order valence-electron chi connectivity index (χ1n) is 21.9. The summed E-state index contributed by atoms with van der Waals surface area (Å²) in [5, 5.41) is -3.95. The van der Waals surface area contributed by atoms with Gasteiger partial charge in [0, 0.05) is 16.2 Å². The van der Waals surface area contributed by atoms with Crippen LogP contribution in [0.1, 0.15) is 30.2 Å². The van der Waals surface area contributed by atoms with Crippen LogP contribution in [0.5, 0.6) is 0 Å². The second kappa shape index (κ2) is 7.81. The summed E-state index contributed by atoms with van der Waals surface area (Å²) in [7, 11) is 0. The molecule has 0 radical (unpaired) electrons. The van der Waals surface area contributed by atoms with Gasteiger partial charge in [-0.15, -0.1) is 0 Å². The lowest BCUT2D eigenvalue weighted by molar-refractivity contribution is 0.673. The molecule has 37 heavy (non-hydrogen) atoms. The van der Waals surface area contributed by atoms with Gasteiger partial charge >= 0.3 is 0 Å². The minimum Gasteiger partial charge on any atom is -0.455 e. The predicted molar refractivity (Wildman–Crippen MR) is 157 cm³/mol. The molecule has 0 fully saturated rings. The van der Waals surface area contributed by atoms with Crippen LogP contribution in [0.2, 0.25) is 0 Å². The maximum absolute atomic E-state index is 9.54. The number of furan rings is 1. The van der Waals surface area contributed by atoms with Gasteiger partial charge in [-0.25, -0.2) is 0 Å². The molecule has 1 heterocycles. The smallest absolute Gasteiger partial charge is 0.143 e. The van der Waals surface area contributed by atoms with Crippen LogP contribution < -0.4 is 0 Å². The molecule has 0 N–H and O–H groups in total. The molecule has 1 aromatic heterocycles. The number of rotatable bonds is 2. The van der Waals surface area contributed by atoms with Gasteiger partial charge in [-0.2, -0.15) is 0 Å². The van der Waals surface area contributed by atoms with Gasteiger partial charge < -0.3 is 4.42 Å². The Kier molecular flexibility index (Phi) is 1.76. The zero-order chi connectivity index (χ0) is 43.5. The summed E-state index contributed by atoms with van der Waals surface area (Å²) in [6.45, 7) is 0. The highest BCUT2D eigenvalue weighted by Crippen LogP contribution is 2.44. The van der Waals surface area contributed by atoms with Gasteiger partial charge in [0.2, 0.25) is 0 Å². The first-order chi connectivity index (χ1) is 27.5. The van der Waals surface area contributed by atoms with Gasteiger partial charge in [0.1, 0.15) is 11.2 Å². The van der Waals surface area contributed by atoms with Gasteiger partial charge in [-0.1, -0.05) is 115 Å². The average Bonchev–Trinajstić information content (AvgIpc) is 3.61. The number of benzene rings is 7. The molecular weight excluding hydrogens is 448 g/mol. The molecule has 1 nitrogen and oxygen atoms in total. The molecule has 172 valence electrons. The Balaban J connectivity index is 1.72. The van der Waals surface area contributed by atoms with Crippen molar-refractivity contribution in [3.05, 3.63) is 133 Å². The third-order valence-electron chi connectivity index (χ3n) is 6.06. The lowest BCUT2D eigenvalue weighted by Gasteiger charge is -2.17. The molecule has 0 aliphatic carbocycles. The van der Waals surface area contributed by atoms with Crippen molar-refractivity contribution < 1.29 is 34.6 Å². The minimum atomic E-state index is -0.896. The summed E-state index contributed by atoms with van der Waals surface area (Å²) >= 11 is 0. The van der Waals surface area contributed by atoms with Crippen LogP contribution in [0, 0.1) is 0 Å². The van der Waals surface area contributed by atoms with Crippen LogP contribution in [0.4, 0.5) is 0 Å². The van der Waals surface area contributed by atoms with E-state index in [0.717, 1.165) is 0 Å². The van der Waals surface area contributed by atoms with Crippen LogP contribution >= 0.6 is 0 Å². The maximum Gasteiger partial charge on any atom is 0.143 e. The molecule has 0 bridgehead atoms. The molecule has 0 saturated carbocycles. The van der Waals surface area contributed by atoms with Crippen LogP contribution in [0.3, 0.4) is 0 Å². The Hall–Kier alpha value is -4.88. The molecule has 0 unspecified atom stereocenters. The second-order valence-corrected chi connectivity index (χ2v) is 8.01. The Labute approximate surface area is 245 Å². The highest BCUT2D eigenvalue weighted by Gasteiger charge is 2.18. The van der Waals surface area contributed by atoms with E-state index in [0.29, 0.717) is 0 Å². The van der Waals surface area contributed by atoms with E-state index in [1.807, 2.05) is 0 Å². The van der Waals surface area contributed by atoms with Crippen molar-refractivity contribution >= 4 is 54.3 Å². The second-order valence-electron chi connectivity index (χ2n) is 8.01. The van der Waals surface area contributed by atoms with Crippen molar-refractivity contribution in [3.8, 4) is 22.3 Å². The quantitative estimate of drug-likeness (QED) is 0.219. The highest BCUT2D eigenvalue weighted by molar-refractivity contribution is 6.22. The topological polar surface area (TPSA) is 13.1 Å². The van der Waals surface area contributed by atoms with E-state index in [-0.39, 0.29) is 10.8 Å². The fourth-order valence-corrected chi connectivity index (χ4v) is 4.53. The molecule has 1 heteroatoms. The molecule has 0 aliphatic rings. The Morgan fingerprint density at radius 3 is 1.62 bits per heavy atom. The van der Waals surface area contributed by atoms with E-state index in [1.54, 1.807) is 0 Å². The van der Waals surface area contributed by atoms with Crippen LogP contribution in [-0.2, 0) is 0 Å². The fraction of sp³-hybridized carbons (Fsp3) is 0. The van der Waals surface area contributed by atoms with Crippen LogP contribution in [-0.4, -0.2) is 0 Å². The molecule has 0 spiro atoms. The van der Waals surface area contributed by atoms with E-state index >= 15 is 0 Å². The van der Waals surface area contributed by atoms with E-state index < -0.39 is 199 Å². The minimum absolute atomic E-state index is 0.351. The first kappa shape index (κ1) is 8.33. The van der Waals surface area contributed by atoms with Gasteiger partial charge in [-0.05, 0) is 67.3 Å². The number of hydrogen-bond donors (Lipinski definition) is 0. The molecular formula is C36H22O. The Bertz CT molecular complexity index is 3240. The van der Waals surface area contributed by atoms with E-state index in [2.05, 4.69) is 0 Å². The SMILES string of the molecule is [2H]c1c([2H])c([2H])c(-c2c3c([2H])c([2H])c([2H])c([2H])c3c(-c3c([2H])c([2H])c4c(oc5c6c([2H])c([2H])c([2H])c([2H])c6c([2H])c([2H])c54)c3[2H])c3c([2H])c([2H])c([2H])c([2H])c23)c([2H])c1[2H]. The normalized spacial score (nSPS) is 20.1. The fourth-order valence-electron chi connectivity index (χ4n) is 4.53. The molecule has 8 aromatic rings. The monoisotopic (exact) mass is 492 g/mol. The first-order valence-corrected chi connectivity index (χ1v) is 10.9. The number of fused-ring (bicyclic) bond motifs is 7. The maximum atomic E-state index is 9.54. The van der Waals surface area contributed by atoms with Crippen LogP contribution in [0.25, 0.3) is 76.5 Å². The van der Waals surface area contributed by atoms with Crippen molar-refractivity contribution in [2.24, 2.45) is 0 Å². The highest BCUT2D eigenvalue weighted by atomic mass is 16.3. The van der Waals surface area contributed by atoms with Crippen molar-refractivity contribution in [1.29, 1.82) is 0 Å². The molecule has 0 aliphatic heterocycles. The summed E-state index contributed by atoms with van der Waals surface area (Å²) in [4.78, 5) is 0. The summed E-state index contributed by atoms with van der Waals surface area (Å²) in [6, 6.07) is -18.0. The number of hydrogen-bond acceptors (Lipinski definition) is 1. The summed E-state index contributed by atoms with van der Waals surface area (Å²) < 4.78 is 199. The van der Waals surface area contributed by atoms with Gasteiger partial charge in [0.15, 0.2) is 0 Å².